The van der Waals surface area contributed by atoms with Gasteiger partial charge < -0.3 is 0 Å². The van der Waals surface area contributed by atoms with Crippen molar-refractivity contribution < 1.29 is 0 Å². The van der Waals surface area contributed by atoms with Gasteiger partial charge >= 0.3 is 0 Å². The second-order valence-corrected chi connectivity index (χ2v) is 3.62. The van der Waals surface area contributed by atoms with Crippen LogP contribution in [0, 0.1) is 0 Å². The van der Waals surface area contributed by atoms with Gasteiger partial charge in [-0.1, -0.05) is 13.1 Å². The van der Waals surface area contributed by atoms with E-state index in [9.17, 15) is 0 Å². The molecule has 1 heteroatoms. The van der Waals surface area contributed by atoms with E-state index in [2.05, 4.69) is 19.3 Å². The molecule has 0 aromatic heterocycles. The highest BCUT2D eigenvalue weighted by molar-refractivity contribution is 6.59. The first-order chi connectivity index (χ1) is 1.73. The van der Waals surface area contributed by atoms with Crippen molar-refractivity contribution in [1.29, 1.82) is 0 Å². The maximum atomic E-state index is 3.74. The molecule has 0 fully saturated rings. The zero-order valence-corrected chi connectivity index (χ0v) is 4.21. The molecule has 4 heavy (non-hydrogen) atoms. The van der Waals surface area contributed by atoms with Gasteiger partial charge in [-0.3, -0.25) is 0 Å². The van der Waals surface area contributed by atoms with Gasteiger partial charge in [0.05, 0.1) is 0 Å². The molecule has 0 heterocycles. The fourth-order valence-electron chi connectivity index (χ4n) is 0. The predicted molar refractivity (Wildman–Crippen MR) is 24.6 cm³/mol. The second kappa shape index (κ2) is 1.41. The van der Waals surface area contributed by atoms with Gasteiger partial charge in [0.25, 0.3) is 0 Å². The van der Waals surface area contributed by atoms with Crippen LogP contribution >= 0.6 is 0 Å². The molecule has 24 valence electrons. The van der Waals surface area contributed by atoms with Crippen LogP contribution in [0.5, 0.6) is 0 Å². The van der Waals surface area contributed by atoms with Gasteiger partial charge in [-0.15, -0.1) is 6.17 Å². The van der Waals surface area contributed by atoms with Gasteiger partial charge in [-0.2, -0.15) is 0 Å². The molecule has 0 aliphatic heterocycles. The quantitative estimate of drug-likeness (QED) is 0.370. The summed E-state index contributed by atoms with van der Waals surface area (Å²) in [6.07, 6.45) is 3.74. The van der Waals surface area contributed by atoms with E-state index in [0.717, 1.165) is 0 Å². The largest absolute Gasteiger partial charge is 0.119 e. The van der Waals surface area contributed by atoms with Crippen LogP contribution < -0.4 is 0 Å². The standard InChI is InChI=1S/C3H8Si/c1-4(2)3/h1H2,2-3H3. The minimum atomic E-state index is -0.130. The predicted octanol–water partition coefficient (Wildman–Crippen LogP) is 0.754. The lowest BCUT2D eigenvalue weighted by Gasteiger charge is -1.62. The third-order valence-electron chi connectivity index (χ3n) is 0. The first-order valence-electron chi connectivity index (χ1n) is 1.35. The van der Waals surface area contributed by atoms with E-state index in [1.807, 2.05) is 0 Å². The molecule has 0 radical (unpaired) electrons. The second-order valence-electron chi connectivity index (χ2n) is 1.21. The smallest absolute Gasteiger partial charge is 0.00474 e. The Hall–Kier alpha value is 0.0869. The van der Waals surface area contributed by atoms with Crippen LogP contribution in [0.3, 0.4) is 0 Å². The third kappa shape index (κ3) is 327. The Bertz CT molecular complexity index is 26.3. The van der Waals surface area contributed by atoms with Crippen molar-refractivity contribution in [2.75, 3.05) is 0 Å². The van der Waals surface area contributed by atoms with Crippen LogP contribution in [0.4, 0.5) is 0 Å². The van der Waals surface area contributed by atoms with E-state index in [1.54, 1.807) is 0 Å². The monoisotopic (exact) mass is 72.0 g/mol. The first-order valence-corrected chi connectivity index (χ1v) is 4.06. The maximum absolute atomic E-state index is 3.74. The summed E-state index contributed by atoms with van der Waals surface area (Å²) in [5.74, 6) is 0. The topological polar surface area (TPSA) is 0 Å². The van der Waals surface area contributed by atoms with E-state index in [4.69, 9.17) is 0 Å². The number of hydrogen-bond acceptors (Lipinski definition) is 0. The zero-order valence-electron chi connectivity index (χ0n) is 3.21. The lowest BCUT2D eigenvalue weighted by Crippen LogP contribution is -1.74. The molecule has 0 aromatic rings. The molecule has 0 bridgehead atoms. The fraction of sp³-hybridized carbons (Fsp3) is 0.667. The van der Waals surface area contributed by atoms with Gasteiger partial charge in [-0.05, 0) is 8.41 Å². The molecule has 0 aliphatic rings. The third-order valence-corrected chi connectivity index (χ3v) is 0. The summed E-state index contributed by atoms with van der Waals surface area (Å²) in [7, 11) is -0.130. The normalized spacial score (nSPS) is 6.50. The van der Waals surface area contributed by atoms with Crippen LogP contribution in [0.25, 0.3) is 0 Å². The van der Waals surface area contributed by atoms with Gasteiger partial charge in [0, 0.05) is 0 Å². The SMILES string of the molecule is C=[Si](C)C. The van der Waals surface area contributed by atoms with Crippen molar-refractivity contribution in [3.8, 4) is 0 Å². The highest BCUT2D eigenvalue weighted by Crippen LogP contribution is 1.48. The van der Waals surface area contributed by atoms with Gasteiger partial charge in [0.2, 0.25) is 0 Å². The average molecular weight is 72.2 g/mol. The van der Waals surface area contributed by atoms with Gasteiger partial charge in [0.15, 0.2) is 0 Å². The van der Waals surface area contributed by atoms with Crippen molar-refractivity contribution in [2.24, 2.45) is 0 Å². The fourth-order valence-corrected chi connectivity index (χ4v) is 0. The summed E-state index contributed by atoms with van der Waals surface area (Å²) < 4.78 is 0. The summed E-state index contributed by atoms with van der Waals surface area (Å²) in [5, 5.41) is 0. The molecular formula is C3H8Si. The summed E-state index contributed by atoms with van der Waals surface area (Å²) in [6.45, 7) is 4.31. The molecule has 0 N–H and O–H groups in total. The molecule has 0 aromatic carbocycles. The minimum absolute atomic E-state index is 0.130. The van der Waals surface area contributed by atoms with Crippen LogP contribution in [-0.4, -0.2) is 14.6 Å². The first kappa shape index (κ1) is 4.09. The maximum Gasteiger partial charge on any atom is -0.00474 e. The molecule has 0 aliphatic carbocycles. The summed E-state index contributed by atoms with van der Waals surface area (Å²) >= 11 is 0. The summed E-state index contributed by atoms with van der Waals surface area (Å²) in [5.41, 5.74) is 0. The van der Waals surface area contributed by atoms with E-state index >= 15 is 0 Å². The molecule has 0 spiro atoms. The summed E-state index contributed by atoms with van der Waals surface area (Å²) in [6, 6.07) is 0. The Labute approximate surface area is 28.7 Å². The van der Waals surface area contributed by atoms with Crippen LogP contribution in [-0.2, 0) is 0 Å². The van der Waals surface area contributed by atoms with Crippen molar-refractivity contribution in [1.82, 2.24) is 0 Å². The van der Waals surface area contributed by atoms with Crippen LogP contribution in [0.2, 0.25) is 13.1 Å². The Balaban J connectivity index is 2.80. The van der Waals surface area contributed by atoms with E-state index in [-0.39, 0.29) is 8.41 Å². The zero-order chi connectivity index (χ0) is 3.58. The average Bonchev–Trinajstić information content (AvgIpc) is 0.811. The van der Waals surface area contributed by atoms with E-state index < -0.39 is 0 Å². The molecule has 0 nitrogen and oxygen atoms in total. The molecule has 0 saturated carbocycles. The molecule has 0 saturated heterocycles. The summed E-state index contributed by atoms with van der Waals surface area (Å²) in [4.78, 5) is 0. The highest BCUT2D eigenvalue weighted by atomic mass is 28.2. The number of hydrogen-bond donors (Lipinski definition) is 0. The van der Waals surface area contributed by atoms with Crippen molar-refractivity contribution >= 4 is 14.6 Å². The van der Waals surface area contributed by atoms with E-state index in [1.165, 1.54) is 0 Å². The van der Waals surface area contributed by atoms with Crippen molar-refractivity contribution in [3.63, 3.8) is 0 Å². The minimum Gasteiger partial charge on any atom is -0.119 e. The van der Waals surface area contributed by atoms with Crippen molar-refractivity contribution in [3.05, 3.63) is 0 Å². The van der Waals surface area contributed by atoms with Crippen LogP contribution in [0.1, 0.15) is 0 Å². The Morgan fingerprint density at radius 2 is 1.50 bits per heavy atom. The van der Waals surface area contributed by atoms with Crippen LogP contribution in [0.15, 0.2) is 0 Å². The number of rotatable bonds is 0. The molecular weight excluding hydrogens is 64.1 g/mol. The van der Waals surface area contributed by atoms with Crippen molar-refractivity contribution in [2.45, 2.75) is 13.1 Å². The molecule has 0 unspecified atom stereocenters. The lowest BCUT2D eigenvalue weighted by atomic mass is 11.9. The van der Waals surface area contributed by atoms with Gasteiger partial charge in [0.1, 0.15) is 0 Å². The lowest BCUT2D eigenvalue weighted by molar-refractivity contribution is 2.12. The molecule has 0 rings (SSSR count). The Morgan fingerprint density at radius 1 is 1.50 bits per heavy atom. The molecule has 0 amide bonds. The van der Waals surface area contributed by atoms with E-state index in [0.29, 0.717) is 0 Å². The van der Waals surface area contributed by atoms with Gasteiger partial charge in [-0.25, -0.2) is 0 Å². The highest BCUT2D eigenvalue weighted by Gasteiger charge is 1.55. The Morgan fingerprint density at radius 3 is 1.50 bits per heavy atom. The molecule has 0 atom stereocenters. The Kier molecular flexibility index (Phi) is 1.44.